The summed E-state index contributed by atoms with van der Waals surface area (Å²) in [6, 6.07) is 8.50. The summed E-state index contributed by atoms with van der Waals surface area (Å²) in [4.78, 5) is 5.63. The van der Waals surface area contributed by atoms with Crippen molar-refractivity contribution in [2.24, 2.45) is 0 Å². The van der Waals surface area contributed by atoms with Crippen LogP contribution in [0.1, 0.15) is 23.4 Å². The van der Waals surface area contributed by atoms with Crippen LogP contribution >= 0.6 is 0 Å². The van der Waals surface area contributed by atoms with Crippen molar-refractivity contribution < 1.29 is 9.15 Å². The number of aromatic nitrogens is 3. The van der Waals surface area contributed by atoms with Crippen LogP contribution in [-0.2, 0) is 11.3 Å². The number of nitrogens with one attached hydrogen (secondary N) is 1. The highest BCUT2D eigenvalue weighted by Gasteiger charge is 2.26. The zero-order valence-electron chi connectivity index (χ0n) is 12.5. The summed E-state index contributed by atoms with van der Waals surface area (Å²) >= 11 is 0. The van der Waals surface area contributed by atoms with E-state index in [-0.39, 0.29) is 6.10 Å². The van der Waals surface area contributed by atoms with Crippen molar-refractivity contribution in [1.82, 2.24) is 20.1 Å². The molecule has 1 aliphatic heterocycles. The highest BCUT2D eigenvalue weighted by atomic mass is 16.5. The van der Waals surface area contributed by atoms with Gasteiger partial charge in [-0.15, -0.1) is 10.2 Å². The first kappa shape index (κ1) is 13.5. The van der Waals surface area contributed by atoms with E-state index in [9.17, 15) is 0 Å². The molecular formula is C16H18N4O2. The zero-order chi connectivity index (χ0) is 14.9. The maximum atomic E-state index is 5.77. The molecule has 1 saturated heterocycles. The molecule has 2 aromatic heterocycles. The topological polar surface area (TPSA) is 67.2 Å². The molecule has 0 amide bonds. The maximum Gasteiger partial charge on any atom is 0.246 e. The van der Waals surface area contributed by atoms with E-state index >= 15 is 0 Å². The van der Waals surface area contributed by atoms with Crippen LogP contribution in [0.3, 0.4) is 0 Å². The van der Waals surface area contributed by atoms with Gasteiger partial charge in [-0.25, -0.2) is 0 Å². The number of hydrogen-bond acceptors (Lipinski definition) is 5. The lowest BCUT2D eigenvalue weighted by Gasteiger charge is -2.31. The van der Waals surface area contributed by atoms with Gasteiger partial charge in [0.25, 0.3) is 0 Å². The molecule has 1 N–H and O–H groups in total. The number of aromatic amines is 1. The molecule has 1 unspecified atom stereocenters. The molecule has 6 nitrogen and oxygen atoms in total. The Morgan fingerprint density at radius 3 is 3.14 bits per heavy atom. The van der Waals surface area contributed by atoms with Gasteiger partial charge >= 0.3 is 0 Å². The second kappa shape index (κ2) is 5.55. The summed E-state index contributed by atoms with van der Waals surface area (Å²) in [5, 5.41) is 9.24. The summed E-state index contributed by atoms with van der Waals surface area (Å²) in [5.74, 6) is 1.15. The third-order valence-corrected chi connectivity index (χ3v) is 4.05. The molecular weight excluding hydrogens is 280 g/mol. The number of H-pyrrole nitrogens is 1. The van der Waals surface area contributed by atoms with Gasteiger partial charge in [0.1, 0.15) is 6.10 Å². The van der Waals surface area contributed by atoms with Crippen LogP contribution < -0.4 is 0 Å². The van der Waals surface area contributed by atoms with Gasteiger partial charge in [0.15, 0.2) is 0 Å². The van der Waals surface area contributed by atoms with E-state index in [0.29, 0.717) is 18.4 Å². The Labute approximate surface area is 128 Å². The Kier molecular flexibility index (Phi) is 3.40. The van der Waals surface area contributed by atoms with E-state index in [0.717, 1.165) is 19.6 Å². The standard InChI is InChI=1S/C16H18N4O2/c1-11-18-19-16(22-11)15-10-20(7-8-21-15)9-12-3-2-4-14-13(12)5-6-17-14/h2-6,15,17H,7-10H2,1H3. The maximum absolute atomic E-state index is 5.77. The van der Waals surface area contributed by atoms with Gasteiger partial charge in [0.05, 0.1) is 6.61 Å². The number of rotatable bonds is 3. The molecule has 0 bridgehead atoms. The summed E-state index contributed by atoms with van der Waals surface area (Å²) < 4.78 is 11.3. The van der Waals surface area contributed by atoms with E-state index in [1.54, 1.807) is 6.92 Å². The lowest BCUT2D eigenvalue weighted by Crippen LogP contribution is -2.38. The second-order valence-corrected chi connectivity index (χ2v) is 5.61. The van der Waals surface area contributed by atoms with Gasteiger partial charge in [0.2, 0.25) is 11.8 Å². The third-order valence-electron chi connectivity index (χ3n) is 4.05. The highest BCUT2D eigenvalue weighted by molar-refractivity contribution is 5.82. The molecule has 0 radical (unpaired) electrons. The number of hydrogen-bond donors (Lipinski definition) is 1. The lowest BCUT2D eigenvalue weighted by molar-refractivity contribution is -0.0456. The second-order valence-electron chi connectivity index (χ2n) is 5.61. The molecule has 1 fully saturated rings. The van der Waals surface area contributed by atoms with E-state index in [1.807, 2.05) is 6.20 Å². The first-order valence-corrected chi connectivity index (χ1v) is 7.48. The quantitative estimate of drug-likeness (QED) is 0.804. The lowest BCUT2D eigenvalue weighted by atomic mass is 10.1. The summed E-state index contributed by atoms with van der Waals surface area (Å²) in [5.41, 5.74) is 2.50. The fourth-order valence-corrected chi connectivity index (χ4v) is 2.97. The normalized spacial score (nSPS) is 19.8. The smallest absolute Gasteiger partial charge is 0.246 e. The van der Waals surface area contributed by atoms with Crippen LogP contribution in [0.15, 0.2) is 34.9 Å². The Morgan fingerprint density at radius 1 is 1.32 bits per heavy atom. The fraction of sp³-hybridized carbons (Fsp3) is 0.375. The Morgan fingerprint density at radius 2 is 2.27 bits per heavy atom. The molecule has 1 aliphatic rings. The summed E-state index contributed by atoms with van der Waals surface area (Å²) in [6.45, 7) is 5.04. The summed E-state index contributed by atoms with van der Waals surface area (Å²) in [6.07, 6.45) is 1.85. The van der Waals surface area contributed by atoms with Gasteiger partial charge in [-0.1, -0.05) is 12.1 Å². The number of morpholine rings is 1. The van der Waals surface area contributed by atoms with Gasteiger partial charge < -0.3 is 14.1 Å². The monoisotopic (exact) mass is 298 g/mol. The number of nitrogens with zero attached hydrogens (tertiary/aromatic N) is 3. The van der Waals surface area contributed by atoms with Crippen LogP contribution in [0.4, 0.5) is 0 Å². The van der Waals surface area contributed by atoms with Crippen molar-refractivity contribution in [3.8, 4) is 0 Å². The molecule has 3 heterocycles. The fourth-order valence-electron chi connectivity index (χ4n) is 2.97. The Hall–Kier alpha value is -2.18. The van der Waals surface area contributed by atoms with Crippen molar-refractivity contribution in [3.05, 3.63) is 47.8 Å². The molecule has 22 heavy (non-hydrogen) atoms. The molecule has 0 aliphatic carbocycles. The van der Waals surface area contributed by atoms with Crippen molar-refractivity contribution in [1.29, 1.82) is 0 Å². The van der Waals surface area contributed by atoms with Crippen molar-refractivity contribution in [2.75, 3.05) is 19.7 Å². The number of fused-ring (bicyclic) bond motifs is 1. The van der Waals surface area contributed by atoms with E-state index < -0.39 is 0 Å². The zero-order valence-corrected chi connectivity index (χ0v) is 12.5. The van der Waals surface area contributed by atoms with Crippen LogP contribution in [0.25, 0.3) is 10.9 Å². The Bertz CT molecular complexity index is 779. The van der Waals surface area contributed by atoms with Crippen molar-refractivity contribution in [3.63, 3.8) is 0 Å². The molecule has 1 aromatic carbocycles. The first-order valence-electron chi connectivity index (χ1n) is 7.48. The molecule has 3 aromatic rings. The average molecular weight is 298 g/mol. The largest absolute Gasteiger partial charge is 0.423 e. The first-order chi connectivity index (χ1) is 10.8. The summed E-state index contributed by atoms with van der Waals surface area (Å²) in [7, 11) is 0. The SMILES string of the molecule is Cc1nnc(C2CN(Cc3cccc4[nH]ccc34)CCO2)o1. The molecule has 0 spiro atoms. The van der Waals surface area contributed by atoms with Gasteiger partial charge in [-0.3, -0.25) is 4.90 Å². The molecule has 114 valence electrons. The molecule has 6 heteroatoms. The van der Waals surface area contributed by atoms with Gasteiger partial charge in [-0.05, 0) is 17.7 Å². The van der Waals surface area contributed by atoms with E-state index in [4.69, 9.17) is 9.15 Å². The number of aryl methyl sites for hydroxylation is 1. The number of benzene rings is 1. The van der Waals surface area contributed by atoms with Crippen molar-refractivity contribution in [2.45, 2.75) is 19.6 Å². The predicted octanol–water partition coefficient (Wildman–Crippen LogP) is 2.43. The number of ether oxygens (including phenoxy) is 1. The van der Waals surface area contributed by atoms with Gasteiger partial charge in [0, 0.05) is 43.7 Å². The minimum absolute atomic E-state index is 0.139. The third kappa shape index (κ3) is 2.51. The van der Waals surface area contributed by atoms with E-state index in [2.05, 4.69) is 44.3 Å². The van der Waals surface area contributed by atoms with Crippen LogP contribution in [-0.4, -0.2) is 39.8 Å². The van der Waals surface area contributed by atoms with Crippen LogP contribution in [0.5, 0.6) is 0 Å². The molecule has 0 saturated carbocycles. The minimum Gasteiger partial charge on any atom is -0.423 e. The highest BCUT2D eigenvalue weighted by Crippen LogP contribution is 2.24. The average Bonchev–Trinajstić information content (AvgIpc) is 3.17. The predicted molar refractivity (Wildman–Crippen MR) is 81.3 cm³/mol. The van der Waals surface area contributed by atoms with Crippen molar-refractivity contribution >= 4 is 10.9 Å². The van der Waals surface area contributed by atoms with Gasteiger partial charge in [-0.2, -0.15) is 0 Å². The molecule has 4 rings (SSSR count). The minimum atomic E-state index is -0.139. The Balaban J connectivity index is 1.52. The van der Waals surface area contributed by atoms with Crippen LogP contribution in [0, 0.1) is 6.92 Å². The van der Waals surface area contributed by atoms with E-state index in [1.165, 1.54) is 16.5 Å². The van der Waals surface area contributed by atoms with Crippen LogP contribution in [0.2, 0.25) is 0 Å². The molecule has 1 atom stereocenters.